The molecule has 0 atom stereocenters. The zero-order chi connectivity index (χ0) is 18.6. The Kier molecular flexibility index (Phi) is 5.71. The van der Waals surface area contributed by atoms with Crippen molar-refractivity contribution in [1.82, 2.24) is 4.98 Å². The lowest BCUT2D eigenvalue weighted by molar-refractivity contribution is 0.325. The van der Waals surface area contributed by atoms with E-state index in [1.54, 1.807) is 27.4 Å². The van der Waals surface area contributed by atoms with E-state index in [4.69, 9.17) is 19.9 Å². The van der Waals surface area contributed by atoms with Crippen LogP contribution in [0.3, 0.4) is 0 Å². The predicted molar refractivity (Wildman–Crippen MR) is 97.2 cm³/mol. The third-order valence-corrected chi connectivity index (χ3v) is 4.12. The van der Waals surface area contributed by atoms with Gasteiger partial charge in [-0.25, -0.2) is 4.98 Å². The summed E-state index contributed by atoms with van der Waals surface area (Å²) in [4.78, 5) is 4.34. The number of rotatable bonds is 6. The summed E-state index contributed by atoms with van der Waals surface area (Å²) in [7, 11) is 4.67. The largest absolute Gasteiger partial charge is 0.493 e. The van der Waals surface area contributed by atoms with Crippen molar-refractivity contribution in [3.8, 4) is 34.4 Å². The standard InChI is InChI=1S/C19H23N3O3/c1-6-7-12-11(2)22-19(21)14(10-20)16(12)13-8-9-15(23-3)18(25-5)17(13)24-4/h8-9H,6-7H2,1-5H3,(H2,21,22). The van der Waals surface area contributed by atoms with Gasteiger partial charge in [0, 0.05) is 16.8 Å². The zero-order valence-electron chi connectivity index (χ0n) is 15.3. The van der Waals surface area contributed by atoms with Crippen molar-refractivity contribution in [2.24, 2.45) is 0 Å². The van der Waals surface area contributed by atoms with E-state index in [-0.39, 0.29) is 5.82 Å². The molecule has 0 spiro atoms. The first-order chi connectivity index (χ1) is 12.0. The number of methoxy groups -OCH3 is 3. The van der Waals surface area contributed by atoms with E-state index in [2.05, 4.69) is 18.0 Å². The van der Waals surface area contributed by atoms with E-state index in [0.29, 0.717) is 22.8 Å². The molecule has 25 heavy (non-hydrogen) atoms. The molecule has 1 aromatic heterocycles. The van der Waals surface area contributed by atoms with Crippen LogP contribution in [0.2, 0.25) is 0 Å². The number of aromatic nitrogens is 1. The van der Waals surface area contributed by atoms with Crippen LogP contribution in [-0.4, -0.2) is 26.3 Å². The quantitative estimate of drug-likeness (QED) is 0.865. The number of benzene rings is 1. The van der Waals surface area contributed by atoms with Crippen LogP contribution in [0.15, 0.2) is 12.1 Å². The van der Waals surface area contributed by atoms with Crippen LogP contribution in [0.1, 0.15) is 30.2 Å². The molecule has 0 unspecified atom stereocenters. The second-order valence-electron chi connectivity index (χ2n) is 5.55. The summed E-state index contributed by atoms with van der Waals surface area (Å²) in [5.74, 6) is 1.74. The second-order valence-corrected chi connectivity index (χ2v) is 5.55. The molecule has 0 aliphatic carbocycles. The lowest BCUT2D eigenvalue weighted by Gasteiger charge is -2.20. The first kappa shape index (κ1) is 18.4. The molecule has 0 aliphatic heterocycles. The fourth-order valence-corrected chi connectivity index (χ4v) is 3.03. The van der Waals surface area contributed by atoms with Gasteiger partial charge in [0.05, 0.1) is 21.3 Å². The van der Waals surface area contributed by atoms with Gasteiger partial charge in [-0.1, -0.05) is 13.3 Å². The van der Waals surface area contributed by atoms with Gasteiger partial charge in [-0.15, -0.1) is 0 Å². The average Bonchev–Trinajstić information content (AvgIpc) is 2.62. The fourth-order valence-electron chi connectivity index (χ4n) is 3.03. The minimum absolute atomic E-state index is 0.215. The number of nitrogens with zero attached hydrogens (tertiary/aromatic N) is 2. The van der Waals surface area contributed by atoms with Crippen molar-refractivity contribution in [3.63, 3.8) is 0 Å². The van der Waals surface area contributed by atoms with Gasteiger partial charge >= 0.3 is 0 Å². The SMILES string of the molecule is CCCc1c(C)nc(N)c(C#N)c1-c1ccc(OC)c(OC)c1OC. The summed E-state index contributed by atoms with van der Waals surface area (Å²) >= 11 is 0. The number of ether oxygens (including phenoxy) is 3. The summed E-state index contributed by atoms with van der Waals surface area (Å²) in [6.45, 7) is 3.98. The average molecular weight is 341 g/mol. The summed E-state index contributed by atoms with van der Waals surface area (Å²) in [6, 6.07) is 5.84. The van der Waals surface area contributed by atoms with Crippen LogP contribution in [-0.2, 0) is 6.42 Å². The van der Waals surface area contributed by atoms with Crippen molar-refractivity contribution >= 4 is 5.82 Å². The van der Waals surface area contributed by atoms with Crippen LogP contribution in [0.25, 0.3) is 11.1 Å². The Morgan fingerprint density at radius 2 is 1.80 bits per heavy atom. The molecule has 0 saturated carbocycles. The van der Waals surface area contributed by atoms with E-state index >= 15 is 0 Å². The summed E-state index contributed by atoms with van der Waals surface area (Å²) in [6.07, 6.45) is 1.69. The molecule has 2 N–H and O–H groups in total. The molecule has 2 aromatic rings. The maximum Gasteiger partial charge on any atom is 0.203 e. The highest BCUT2D eigenvalue weighted by molar-refractivity contribution is 5.85. The first-order valence-corrected chi connectivity index (χ1v) is 8.02. The van der Waals surface area contributed by atoms with E-state index in [0.717, 1.165) is 35.2 Å². The van der Waals surface area contributed by atoms with Gasteiger partial charge in [0.25, 0.3) is 0 Å². The third kappa shape index (κ3) is 3.18. The first-order valence-electron chi connectivity index (χ1n) is 8.02. The molecule has 1 heterocycles. The summed E-state index contributed by atoms with van der Waals surface area (Å²) < 4.78 is 16.4. The van der Waals surface area contributed by atoms with Crippen LogP contribution >= 0.6 is 0 Å². The fraction of sp³-hybridized carbons (Fsp3) is 0.368. The van der Waals surface area contributed by atoms with Crippen LogP contribution in [0.4, 0.5) is 5.82 Å². The molecule has 0 saturated heterocycles. The highest BCUT2D eigenvalue weighted by Crippen LogP contribution is 2.47. The van der Waals surface area contributed by atoms with E-state index in [9.17, 15) is 5.26 Å². The number of hydrogen-bond donors (Lipinski definition) is 1. The van der Waals surface area contributed by atoms with Gasteiger partial charge in [0.1, 0.15) is 17.5 Å². The molecular weight excluding hydrogens is 318 g/mol. The minimum Gasteiger partial charge on any atom is -0.493 e. The Balaban J connectivity index is 2.93. The summed E-state index contributed by atoms with van der Waals surface area (Å²) in [5.41, 5.74) is 9.64. The topological polar surface area (TPSA) is 90.4 Å². The van der Waals surface area contributed by atoms with Gasteiger partial charge in [-0.2, -0.15) is 5.26 Å². The maximum atomic E-state index is 9.67. The molecule has 2 rings (SSSR count). The highest BCUT2D eigenvalue weighted by atomic mass is 16.5. The Hall–Kier alpha value is -2.94. The van der Waals surface area contributed by atoms with E-state index in [1.165, 1.54) is 0 Å². The van der Waals surface area contributed by atoms with Gasteiger partial charge < -0.3 is 19.9 Å². The Morgan fingerprint density at radius 1 is 1.12 bits per heavy atom. The maximum absolute atomic E-state index is 9.67. The summed E-state index contributed by atoms with van der Waals surface area (Å²) in [5, 5.41) is 9.67. The molecule has 6 nitrogen and oxygen atoms in total. The van der Waals surface area contributed by atoms with Gasteiger partial charge in [0.2, 0.25) is 5.75 Å². The van der Waals surface area contributed by atoms with Gasteiger partial charge in [-0.3, -0.25) is 0 Å². The van der Waals surface area contributed by atoms with Gasteiger partial charge in [-0.05, 0) is 31.0 Å². The molecular formula is C19H23N3O3. The Labute approximate surface area is 148 Å². The van der Waals surface area contributed by atoms with Crippen molar-refractivity contribution in [3.05, 3.63) is 29.0 Å². The van der Waals surface area contributed by atoms with Crippen LogP contribution in [0, 0.1) is 18.3 Å². The zero-order valence-corrected chi connectivity index (χ0v) is 15.3. The number of aryl methyl sites for hydroxylation is 1. The predicted octanol–water partition coefficient (Wildman–Crippen LogP) is 3.49. The van der Waals surface area contributed by atoms with Crippen molar-refractivity contribution in [1.29, 1.82) is 5.26 Å². The molecule has 0 bridgehead atoms. The van der Waals surface area contributed by atoms with Crippen LogP contribution < -0.4 is 19.9 Å². The Morgan fingerprint density at radius 3 is 2.32 bits per heavy atom. The second kappa shape index (κ2) is 7.75. The normalized spacial score (nSPS) is 10.2. The third-order valence-electron chi connectivity index (χ3n) is 4.12. The van der Waals surface area contributed by atoms with Crippen LogP contribution in [0.5, 0.6) is 17.2 Å². The lowest BCUT2D eigenvalue weighted by Crippen LogP contribution is -2.07. The number of nitriles is 1. The smallest absolute Gasteiger partial charge is 0.203 e. The monoisotopic (exact) mass is 341 g/mol. The minimum atomic E-state index is 0.215. The molecule has 1 aromatic carbocycles. The molecule has 0 radical (unpaired) electrons. The van der Waals surface area contributed by atoms with Crippen molar-refractivity contribution in [2.45, 2.75) is 26.7 Å². The Bertz CT molecular complexity index is 826. The molecule has 0 aliphatic rings. The molecule has 0 fully saturated rings. The number of nitrogen functional groups attached to an aromatic ring is 1. The highest BCUT2D eigenvalue weighted by Gasteiger charge is 2.24. The van der Waals surface area contributed by atoms with Crippen molar-refractivity contribution in [2.75, 3.05) is 27.1 Å². The van der Waals surface area contributed by atoms with E-state index in [1.807, 2.05) is 13.0 Å². The molecule has 6 heteroatoms. The number of nitrogens with two attached hydrogens (primary N) is 1. The molecule has 132 valence electrons. The van der Waals surface area contributed by atoms with Gasteiger partial charge in [0.15, 0.2) is 11.5 Å². The number of hydrogen-bond acceptors (Lipinski definition) is 6. The van der Waals surface area contributed by atoms with Crippen molar-refractivity contribution < 1.29 is 14.2 Å². The van der Waals surface area contributed by atoms with E-state index < -0.39 is 0 Å². The molecule has 0 amide bonds. The number of anilines is 1. The lowest BCUT2D eigenvalue weighted by atomic mass is 9.91. The number of pyridine rings is 1.